The van der Waals surface area contributed by atoms with Gasteiger partial charge in [0, 0.05) is 17.3 Å². The molecule has 25 heavy (non-hydrogen) atoms. The molecule has 0 saturated carbocycles. The average Bonchev–Trinajstić information content (AvgIpc) is 2.62. The molecule has 0 radical (unpaired) electrons. The summed E-state index contributed by atoms with van der Waals surface area (Å²) in [6.07, 6.45) is 0.711. The van der Waals surface area contributed by atoms with Gasteiger partial charge in [-0.05, 0) is 48.7 Å². The SMILES string of the molecule is COc1ccc(CCNC(=O)CNc2cc(Cl)ccc2C)cc1OC. The molecule has 0 atom stereocenters. The second-order valence-corrected chi connectivity index (χ2v) is 6.04. The topological polar surface area (TPSA) is 59.6 Å². The molecule has 1 amide bonds. The van der Waals surface area contributed by atoms with Crippen molar-refractivity contribution in [3.05, 3.63) is 52.5 Å². The van der Waals surface area contributed by atoms with E-state index in [1.54, 1.807) is 14.2 Å². The monoisotopic (exact) mass is 362 g/mol. The Morgan fingerprint density at radius 3 is 2.56 bits per heavy atom. The normalized spacial score (nSPS) is 10.2. The van der Waals surface area contributed by atoms with Gasteiger partial charge in [-0.3, -0.25) is 4.79 Å². The molecule has 0 aliphatic rings. The van der Waals surface area contributed by atoms with Crippen molar-refractivity contribution in [2.75, 3.05) is 32.6 Å². The molecule has 0 aromatic heterocycles. The highest BCUT2D eigenvalue weighted by molar-refractivity contribution is 6.30. The van der Waals surface area contributed by atoms with E-state index in [2.05, 4.69) is 10.6 Å². The fraction of sp³-hybridized carbons (Fsp3) is 0.316. The molecule has 2 aromatic carbocycles. The average molecular weight is 363 g/mol. The highest BCUT2D eigenvalue weighted by atomic mass is 35.5. The van der Waals surface area contributed by atoms with Gasteiger partial charge in [0.15, 0.2) is 11.5 Å². The first-order valence-corrected chi connectivity index (χ1v) is 8.39. The van der Waals surface area contributed by atoms with Crippen LogP contribution < -0.4 is 20.1 Å². The first-order valence-electron chi connectivity index (χ1n) is 8.01. The Hall–Kier alpha value is -2.40. The van der Waals surface area contributed by atoms with E-state index in [-0.39, 0.29) is 12.5 Å². The van der Waals surface area contributed by atoms with E-state index in [1.165, 1.54) is 0 Å². The maximum atomic E-state index is 12.0. The summed E-state index contributed by atoms with van der Waals surface area (Å²) in [6, 6.07) is 11.3. The van der Waals surface area contributed by atoms with Crippen LogP contribution in [0.25, 0.3) is 0 Å². The summed E-state index contributed by atoms with van der Waals surface area (Å²) >= 11 is 5.97. The molecule has 0 heterocycles. The van der Waals surface area contributed by atoms with E-state index in [4.69, 9.17) is 21.1 Å². The number of hydrogen-bond donors (Lipinski definition) is 2. The van der Waals surface area contributed by atoms with Crippen LogP contribution in [0, 0.1) is 6.92 Å². The van der Waals surface area contributed by atoms with Gasteiger partial charge in [0.1, 0.15) is 0 Å². The van der Waals surface area contributed by atoms with Gasteiger partial charge >= 0.3 is 0 Å². The van der Waals surface area contributed by atoms with Crippen LogP contribution in [0.1, 0.15) is 11.1 Å². The zero-order valence-electron chi connectivity index (χ0n) is 14.7. The number of hydrogen-bond acceptors (Lipinski definition) is 4. The van der Waals surface area contributed by atoms with Crippen LogP contribution in [0.15, 0.2) is 36.4 Å². The van der Waals surface area contributed by atoms with E-state index in [1.807, 2.05) is 43.3 Å². The van der Waals surface area contributed by atoms with Gasteiger partial charge in [-0.15, -0.1) is 0 Å². The number of carbonyl (C=O) groups is 1. The first-order chi connectivity index (χ1) is 12.0. The van der Waals surface area contributed by atoms with Crippen molar-refractivity contribution in [2.45, 2.75) is 13.3 Å². The van der Waals surface area contributed by atoms with Crippen LogP contribution in [0.2, 0.25) is 5.02 Å². The highest BCUT2D eigenvalue weighted by Crippen LogP contribution is 2.27. The largest absolute Gasteiger partial charge is 0.493 e. The van der Waals surface area contributed by atoms with Crippen molar-refractivity contribution < 1.29 is 14.3 Å². The number of halogens is 1. The zero-order valence-corrected chi connectivity index (χ0v) is 15.4. The summed E-state index contributed by atoms with van der Waals surface area (Å²) in [5.74, 6) is 1.31. The highest BCUT2D eigenvalue weighted by Gasteiger charge is 2.06. The maximum Gasteiger partial charge on any atom is 0.239 e. The van der Waals surface area contributed by atoms with Crippen molar-refractivity contribution in [1.29, 1.82) is 0 Å². The molecule has 5 nitrogen and oxygen atoms in total. The lowest BCUT2D eigenvalue weighted by atomic mass is 10.1. The number of anilines is 1. The smallest absolute Gasteiger partial charge is 0.239 e. The van der Waals surface area contributed by atoms with E-state index in [0.717, 1.165) is 16.8 Å². The Morgan fingerprint density at radius 1 is 1.08 bits per heavy atom. The quantitative estimate of drug-likeness (QED) is 0.755. The van der Waals surface area contributed by atoms with Crippen LogP contribution >= 0.6 is 11.6 Å². The predicted octanol–water partition coefficient (Wildman–Crippen LogP) is 3.44. The number of amides is 1. The number of carbonyl (C=O) groups excluding carboxylic acids is 1. The molecule has 6 heteroatoms. The molecule has 134 valence electrons. The molecule has 2 rings (SSSR count). The lowest BCUT2D eigenvalue weighted by Crippen LogP contribution is -2.31. The van der Waals surface area contributed by atoms with E-state index >= 15 is 0 Å². The van der Waals surface area contributed by atoms with Crippen LogP contribution in [0.3, 0.4) is 0 Å². The standard InChI is InChI=1S/C19H23ClN2O3/c1-13-4-6-15(20)11-16(13)22-12-19(23)21-9-8-14-5-7-17(24-2)18(10-14)25-3/h4-7,10-11,22H,8-9,12H2,1-3H3,(H,21,23). The van der Waals surface area contributed by atoms with Gasteiger partial charge < -0.3 is 20.1 Å². The molecule has 2 N–H and O–H groups in total. The molecular formula is C19H23ClN2O3. The number of nitrogens with one attached hydrogen (secondary N) is 2. The molecule has 0 bridgehead atoms. The van der Waals surface area contributed by atoms with Crippen LogP contribution in [-0.2, 0) is 11.2 Å². The van der Waals surface area contributed by atoms with Gasteiger partial charge in [-0.2, -0.15) is 0 Å². The summed E-state index contributed by atoms with van der Waals surface area (Å²) in [7, 11) is 3.21. The van der Waals surface area contributed by atoms with Crippen molar-refractivity contribution >= 4 is 23.2 Å². The van der Waals surface area contributed by atoms with E-state index in [0.29, 0.717) is 29.5 Å². The Labute approximate surface area is 153 Å². The van der Waals surface area contributed by atoms with Crippen LogP contribution in [-0.4, -0.2) is 33.2 Å². The number of rotatable bonds is 8. The second-order valence-electron chi connectivity index (χ2n) is 5.60. The van der Waals surface area contributed by atoms with Crippen LogP contribution in [0.4, 0.5) is 5.69 Å². The third-order valence-electron chi connectivity index (χ3n) is 3.82. The molecule has 0 fully saturated rings. The summed E-state index contributed by atoms with van der Waals surface area (Å²) in [5.41, 5.74) is 2.97. The van der Waals surface area contributed by atoms with Crippen molar-refractivity contribution in [3.63, 3.8) is 0 Å². The summed E-state index contributed by atoms with van der Waals surface area (Å²) < 4.78 is 10.5. The predicted molar refractivity (Wildman–Crippen MR) is 101 cm³/mol. The Balaban J connectivity index is 1.79. The lowest BCUT2D eigenvalue weighted by molar-refractivity contribution is -0.119. The molecular weight excluding hydrogens is 340 g/mol. The molecule has 0 aliphatic carbocycles. The van der Waals surface area contributed by atoms with Gasteiger partial charge in [-0.1, -0.05) is 23.7 Å². The van der Waals surface area contributed by atoms with Crippen LogP contribution in [0.5, 0.6) is 11.5 Å². The van der Waals surface area contributed by atoms with Gasteiger partial charge in [0.25, 0.3) is 0 Å². The minimum atomic E-state index is -0.0696. The third-order valence-corrected chi connectivity index (χ3v) is 4.06. The molecule has 0 aliphatic heterocycles. The Kier molecular flexibility index (Phi) is 6.95. The number of aryl methyl sites for hydroxylation is 1. The summed E-state index contributed by atoms with van der Waals surface area (Å²) in [5, 5.41) is 6.64. The lowest BCUT2D eigenvalue weighted by Gasteiger charge is -2.11. The first kappa shape index (κ1) is 18.9. The van der Waals surface area contributed by atoms with Gasteiger partial charge in [0.05, 0.1) is 20.8 Å². The van der Waals surface area contributed by atoms with Gasteiger partial charge in [-0.25, -0.2) is 0 Å². The summed E-state index contributed by atoms with van der Waals surface area (Å²) in [6.45, 7) is 2.71. The van der Waals surface area contributed by atoms with Crippen molar-refractivity contribution in [2.24, 2.45) is 0 Å². The molecule has 0 saturated heterocycles. The Morgan fingerprint density at radius 2 is 1.84 bits per heavy atom. The fourth-order valence-electron chi connectivity index (χ4n) is 2.41. The van der Waals surface area contributed by atoms with Crippen molar-refractivity contribution in [3.8, 4) is 11.5 Å². The fourth-order valence-corrected chi connectivity index (χ4v) is 2.58. The van der Waals surface area contributed by atoms with Crippen molar-refractivity contribution in [1.82, 2.24) is 5.32 Å². The zero-order chi connectivity index (χ0) is 18.2. The minimum Gasteiger partial charge on any atom is -0.493 e. The molecule has 2 aromatic rings. The number of ether oxygens (including phenoxy) is 2. The molecule has 0 spiro atoms. The van der Waals surface area contributed by atoms with Gasteiger partial charge in [0.2, 0.25) is 5.91 Å². The number of benzene rings is 2. The second kappa shape index (κ2) is 9.18. The van der Waals surface area contributed by atoms with E-state index in [9.17, 15) is 4.79 Å². The third kappa shape index (κ3) is 5.57. The molecule has 0 unspecified atom stereocenters. The Bertz CT molecular complexity index is 735. The maximum absolute atomic E-state index is 12.0. The van der Waals surface area contributed by atoms with E-state index < -0.39 is 0 Å². The minimum absolute atomic E-state index is 0.0696. The summed E-state index contributed by atoms with van der Waals surface area (Å²) in [4.78, 5) is 12.0. The number of methoxy groups -OCH3 is 2.